The number of hydrogen-bond donors (Lipinski definition) is 0. The molecule has 0 saturated carbocycles. The molecule has 110 valence electrons. The number of rotatable bonds is 3. The molecule has 0 N–H and O–H groups in total. The van der Waals surface area contributed by atoms with Crippen LogP contribution in [-0.4, -0.2) is 22.4 Å². The summed E-state index contributed by atoms with van der Waals surface area (Å²) in [4.78, 5) is 3.91. The molecule has 2 heterocycles. The van der Waals surface area contributed by atoms with Gasteiger partial charge in [-0.3, -0.25) is 0 Å². The van der Waals surface area contributed by atoms with Crippen LogP contribution in [0.1, 0.15) is 29.9 Å². The highest BCUT2D eigenvalue weighted by molar-refractivity contribution is 7.97. The van der Waals surface area contributed by atoms with E-state index in [-0.39, 0.29) is 0 Å². The van der Waals surface area contributed by atoms with E-state index in [0.29, 0.717) is 5.92 Å². The van der Waals surface area contributed by atoms with Crippen LogP contribution in [0.4, 0.5) is 4.39 Å². The van der Waals surface area contributed by atoms with Gasteiger partial charge in [-0.05, 0) is 60.9 Å². The van der Waals surface area contributed by atoms with E-state index in [2.05, 4.69) is 40.5 Å². The van der Waals surface area contributed by atoms with Gasteiger partial charge in [0.05, 0.1) is 0 Å². The Hall–Kier alpha value is -1.39. The lowest BCUT2D eigenvalue weighted by Crippen LogP contribution is -2.27. The van der Waals surface area contributed by atoms with Crippen LogP contribution < -0.4 is 0 Å². The van der Waals surface area contributed by atoms with Gasteiger partial charge in [-0.25, -0.2) is 9.29 Å². The van der Waals surface area contributed by atoms with Gasteiger partial charge in [0.2, 0.25) is 5.95 Å². The van der Waals surface area contributed by atoms with Crippen molar-refractivity contribution in [2.45, 2.75) is 30.7 Å². The van der Waals surface area contributed by atoms with Crippen molar-refractivity contribution in [1.82, 2.24) is 9.29 Å². The van der Waals surface area contributed by atoms with Gasteiger partial charge in [-0.15, -0.1) is 0 Å². The van der Waals surface area contributed by atoms with E-state index in [1.807, 2.05) is 6.07 Å². The fourth-order valence-electron chi connectivity index (χ4n) is 2.88. The number of halogens is 1. The molecule has 0 atom stereocenters. The minimum atomic E-state index is -0.408. The lowest BCUT2D eigenvalue weighted by molar-refractivity contribution is 0.345. The second-order valence-electron chi connectivity index (χ2n) is 5.45. The quantitative estimate of drug-likeness (QED) is 0.617. The number of aromatic nitrogens is 1. The first-order valence-electron chi connectivity index (χ1n) is 7.33. The van der Waals surface area contributed by atoms with Crippen LogP contribution in [0.3, 0.4) is 0 Å². The Bertz CT molecular complexity index is 609. The van der Waals surface area contributed by atoms with Crippen molar-refractivity contribution in [3.63, 3.8) is 0 Å². The molecule has 3 rings (SSSR count). The minimum Gasteiger partial charge on any atom is -0.245 e. The van der Waals surface area contributed by atoms with Crippen molar-refractivity contribution >= 4 is 11.9 Å². The van der Waals surface area contributed by atoms with Gasteiger partial charge in [-0.1, -0.05) is 30.3 Å². The molecule has 21 heavy (non-hydrogen) atoms. The van der Waals surface area contributed by atoms with E-state index >= 15 is 0 Å². The highest BCUT2D eigenvalue weighted by Gasteiger charge is 2.22. The highest BCUT2D eigenvalue weighted by atomic mass is 32.2. The van der Waals surface area contributed by atoms with E-state index in [1.165, 1.54) is 17.2 Å². The number of aryl methyl sites for hydroxylation is 1. The van der Waals surface area contributed by atoms with E-state index in [1.54, 1.807) is 18.0 Å². The Balaban J connectivity index is 1.59. The Kier molecular flexibility index (Phi) is 4.56. The summed E-state index contributed by atoms with van der Waals surface area (Å²) in [5.74, 6) is 0.235. The summed E-state index contributed by atoms with van der Waals surface area (Å²) in [7, 11) is 0. The van der Waals surface area contributed by atoms with Crippen LogP contribution in [-0.2, 0) is 0 Å². The van der Waals surface area contributed by atoms with Crippen LogP contribution >= 0.6 is 11.9 Å². The lowest BCUT2D eigenvalue weighted by atomic mass is 9.87. The van der Waals surface area contributed by atoms with E-state index < -0.39 is 5.95 Å². The monoisotopic (exact) mass is 302 g/mol. The van der Waals surface area contributed by atoms with E-state index in [4.69, 9.17) is 0 Å². The molecule has 0 aliphatic carbocycles. The zero-order chi connectivity index (χ0) is 14.7. The maximum atomic E-state index is 13.1. The molecule has 1 saturated heterocycles. The smallest absolute Gasteiger partial charge is 0.213 e. The SMILES string of the molecule is Cc1ccccc1C1CCN(Sc2cccc(F)n2)CC1. The van der Waals surface area contributed by atoms with Gasteiger partial charge in [-0.2, -0.15) is 4.39 Å². The van der Waals surface area contributed by atoms with Gasteiger partial charge in [0.25, 0.3) is 0 Å². The van der Waals surface area contributed by atoms with Crippen LogP contribution in [0, 0.1) is 12.9 Å². The van der Waals surface area contributed by atoms with Crippen molar-refractivity contribution in [3.05, 3.63) is 59.5 Å². The van der Waals surface area contributed by atoms with Gasteiger partial charge in [0, 0.05) is 13.1 Å². The van der Waals surface area contributed by atoms with Crippen molar-refractivity contribution in [2.75, 3.05) is 13.1 Å². The Labute approximate surface area is 129 Å². The number of nitrogens with zero attached hydrogens (tertiary/aromatic N) is 2. The summed E-state index contributed by atoms with van der Waals surface area (Å²) in [5, 5.41) is 0.740. The zero-order valence-corrected chi connectivity index (χ0v) is 12.9. The second-order valence-corrected chi connectivity index (χ2v) is 6.57. The molecule has 0 bridgehead atoms. The highest BCUT2D eigenvalue weighted by Crippen LogP contribution is 2.33. The van der Waals surface area contributed by atoms with Gasteiger partial charge in [0.1, 0.15) is 5.03 Å². The first-order chi connectivity index (χ1) is 10.2. The molecule has 1 aromatic carbocycles. The Morgan fingerprint density at radius 2 is 1.86 bits per heavy atom. The summed E-state index contributed by atoms with van der Waals surface area (Å²) < 4.78 is 15.4. The summed E-state index contributed by atoms with van der Waals surface area (Å²) in [6, 6.07) is 13.6. The molecule has 0 radical (unpaired) electrons. The molecule has 1 fully saturated rings. The molecule has 1 aliphatic rings. The molecular weight excluding hydrogens is 283 g/mol. The molecule has 2 nitrogen and oxygen atoms in total. The van der Waals surface area contributed by atoms with Crippen LogP contribution in [0.15, 0.2) is 47.5 Å². The molecular formula is C17H19FN2S. The Morgan fingerprint density at radius 1 is 1.10 bits per heavy atom. The minimum absolute atomic E-state index is 0.408. The average Bonchev–Trinajstić information content (AvgIpc) is 2.49. The third-order valence-corrected chi connectivity index (χ3v) is 5.03. The van der Waals surface area contributed by atoms with Crippen molar-refractivity contribution in [2.24, 2.45) is 0 Å². The summed E-state index contributed by atoms with van der Waals surface area (Å²) in [6.07, 6.45) is 2.29. The number of pyridine rings is 1. The normalized spacial score (nSPS) is 17.0. The summed E-state index contributed by atoms with van der Waals surface area (Å²) in [6.45, 7) is 4.22. The predicted molar refractivity (Wildman–Crippen MR) is 84.8 cm³/mol. The topological polar surface area (TPSA) is 16.1 Å². The first kappa shape index (κ1) is 14.5. The lowest BCUT2D eigenvalue weighted by Gasteiger charge is -2.31. The maximum absolute atomic E-state index is 13.1. The van der Waals surface area contributed by atoms with Crippen LogP contribution in [0.2, 0.25) is 0 Å². The van der Waals surface area contributed by atoms with E-state index in [0.717, 1.165) is 31.0 Å². The van der Waals surface area contributed by atoms with Gasteiger partial charge in [0.15, 0.2) is 0 Å². The van der Waals surface area contributed by atoms with Crippen molar-refractivity contribution in [1.29, 1.82) is 0 Å². The zero-order valence-electron chi connectivity index (χ0n) is 12.1. The molecule has 0 amide bonds. The van der Waals surface area contributed by atoms with Gasteiger partial charge < -0.3 is 0 Å². The largest absolute Gasteiger partial charge is 0.245 e. The van der Waals surface area contributed by atoms with Crippen LogP contribution in [0.25, 0.3) is 0 Å². The molecule has 1 aromatic heterocycles. The first-order valence-corrected chi connectivity index (χ1v) is 8.11. The van der Waals surface area contributed by atoms with E-state index in [9.17, 15) is 4.39 Å². The molecule has 0 unspecified atom stereocenters. The fraction of sp³-hybridized carbons (Fsp3) is 0.353. The number of benzene rings is 1. The summed E-state index contributed by atoms with van der Waals surface area (Å²) in [5.41, 5.74) is 2.86. The fourth-order valence-corrected chi connectivity index (χ4v) is 3.80. The molecule has 2 aromatic rings. The van der Waals surface area contributed by atoms with Crippen molar-refractivity contribution in [3.8, 4) is 0 Å². The van der Waals surface area contributed by atoms with Crippen LogP contribution in [0.5, 0.6) is 0 Å². The van der Waals surface area contributed by atoms with Crippen molar-refractivity contribution < 1.29 is 4.39 Å². The Morgan fingerprint density at radius 3 is 2.57 bits per heavy atom. The number of hydrogen-bond acceptors (Lipinski definition) is 3. The molecule has 4 heteroatoms. The maximum Gasteiger partial charge on any atom is 0.213 e. The molecule has 1 aliphatic heterocycles. The standard InChI is InChI=1S/C17H19FN2S/c1-13-5-2-3-6-15(13)14-9-11-20(12-10-14)21-17-8-4-7-16(18)19-17/h2-8,14H,9-12H2,1H3. The number of piperidine rings is 1. The average molecular weight is 302 g/mol. The predicted octanol–water partition coefficient (Wildman–Crippen LogP) is 4.42. The molecule has 0 spiro atoms. The second kappa shape index (κ2) is 6.58. The third kappa shape index (κ3) is 3.63. The third-order valence-electron chi connectivity index (χ3n) is 3.99. The summed E-state index contributed by atoms with van der Waals surface area (Å²) >= 11 is 1.56. The van der Waals surface area contributed by atoms with Gasteiger partial charge >= 0.3 is 0 Å².